The SMILES string of the molecule is C/C=C1/C[C@H](C)[C@@](C)(O)C(=O)OC[C@@H]2CC[NH+]3CC[C@@H](OC1=O)[C@H]23. The van der Waals surface area contributed by atoms with Gasteiger partial charge in [-0.25, -0.2) is 9.59 Å². The van der Waals surface area contributed by atoms with Crippen LogP contribution < -0.4 is 4.90 Å². The summed E-state index contributed by atoms with van der Waals surface area (Å²) in [4.78, 5) is 26.4. The summed E-state index contributed by atoms with van der Waals surface area (Å²) in [6.07, 6.45) is 3.71. The Morgan fingerprint density at radius 3 is 2.71 bits per heavy atom. The number of carbonyl (C=O) groups excluding carboxylic acids is 2. The molecule has 0 radical (unpaired) electrons. The van der Waals surface area contributed by atoms with E-state index in [1.54, 1.807) is 19.9 Å². The van der Waals surface area contributed by atoms with Crippen LogP contribution in [0.25, 0.3) is 0 Å². The van der Waals surface area contributed by atoms with E-state index in [2.05, 4.69) is 0 Å². The van der Waals surface area contributed by atoms with Crippen molar-refractivity contribution in [2.75, 3.05) is 19.7 Å². The van der Waals surface area contributed by atoms with Gasteiger partial charge in [0, 0.05) is 18.4 Å². The minimum atomic E-state index is -1.62. The molecule has 3 fully saturated rings. The van der Waals surface area contributed by atoms with Crippen molar-refractivity contribution in [1.29, 1.82) is 0 Å². The molecule has 0 bridgehead atoms. The van der Waals surface area contributed by atoms with Gasteiger partial charge in [0.15, 0.2) is 11.7 Å². The number of allylic oxidation sites excluding steroid dienone is 1. The van der Waals surface area contributed by atoms with Gasteiger partial charge in [0.1, 0.15) is 12.6 Å². The van der Waals surface area contributed by atoms with Gasteiger partial charge in [0.2, 0.25) is 0 Å². The molecular weight excluding hydrogens is 310 g/mol. The number of aliphatic hydroxyl groups is 1. The third-order valence-corrected chi connectivity index (χ3v) is 6.16. The van der Waals surface area contributed by atoms with Crippen molar-refractivity contribution < 1.29 is 29.1 Å². The van der Waals surface area contributed by atoms with Crippen LogP contribution in [0.2, 0.25) is 0 Å². The summed E-state index contributed by atoms with van der Waals surface area (Å²) in [6.45, 7) is 7.31. The van der Waals surface area contributed by atoms with Gasteiger partial charge in [0.25, 0.3) is 0 Å². The van der Waals surface area contributed by atoms with Crippen molar-refractivity contribution >= 4 is 11.9 Å². The largest absolute Gasteiger partial charge is 0.463 e. The van der Waals surface area contributed by atoms with E-state index in [9.17, 15) is 14.7 Å². The molecule has 0 spiro atoms. The Hall–Kier alpha value is -1.40. The van der Waals surface area contributed by atoms with Crippen LogP contribution in [-0.2, 0) is 19.1 Å². The van der Waals surface area contributed by atoms with Crippen LogP contribution in [-0.4, -0.2) is 54.5 Å². The Bertz CT molecular complexity index is 556. The molecule has 3 rings (SSSR count). The highest BCUT2D eigenvalue weighted by Crippen LogP contribution is 2.30. The van der Waals surface area contributed by atoms with Crippen LogP contribution in [0.5, 0.6) is 0 Å². The Labute approximate surface area is 142 Å². The van der Waals surface area contributed by atoms with Crippen LogP contribution in [0.1, 0.15) is 40.0 Å². The number of quaternary nitrogens is 1. The van der Waals surface area contributed by atoms with Crippen LogP contribution in [0.15, 0.2) is 11.6 Å². The quantitative estimate of drug-likeness (QED) is 0.475. The van der Waals surface area contributed by atoms with E-state index in [4.69, 9.17) is 9.47 Å². The first kappa shape index (κ1) is 17.4. The molecule has 3 saturated heterocycles. The minimum Gasteiger partial charge on any atom is -0.463 e. The number of carbonyl (C=O) groups is 2. The molecule has 3 aliphatic heterocycles. The lowest BCUT2D eigenvalue weighted by Gasteiger charge is -2.31. The first-order valence-electron chi connectivity index (χ1n) is 8.95. The van der Waals surface area contributed by atoms with E-state index in [0.717, 1.165) is 25.9 Å². The molecule has 134 valence electrons. The second kappa shape index (κ2) is 6.48. The highest BCUT2D eigenvalue weighted by molar-refractivity contribution is 5.89. The van der Waals surface area contributed by atoms with Crippen molar-refractivity contribution in [2.24, 2.45) is 11.8 Å². The highest BCUT2D eigenvalue weighted by atomic mass is 16.6. The topological polar surface area (TPSA) is 77.3 Å². The van der Waals surface area contributed by atoms with Crippen molar-refractivity contribution in [3.8, 4) is 0 Å². The van der Waals surface area contributed by atoms with Crippen LogP contribution in [0.3, 0.4) is 0 Å². The monoisotopic (exact) mass is 338 g/mol. The fourth-order valence-electron chi connectivity index (χ4n) is 4.33. The number of cyclic esters (lactones) is 1. The van der Waals surface area contributed by atoms with Crippen LogP contribution in [0.4, 0.5) is 0 Å². The third kappa shape index (κ3) is 2.97. The number of hydrogen-bond acceptors (Lipinski definition) is 5. The molecule has 3 heterocycles. The standard InChI is InChI=1S/C18H27NO5/c1-4-12-9-11(2)18(3,22)17(21)23-10-13-5-7-19-8-6-14(15(13)19)24-16(12)20/h4,11,13-15,22H,5-10H2,1-3H3/p+1/b12-4-/t11-,13-,14+,15-,18+/m0/s1. The van der Waals surface area contributed by atoms with Crippen LogP contribution in [0, 0.1) is 11.8 Å². The first-order valence-corrected chi connectivity index (χ1v) is 8.95. The average molecular weight is 338 g/mol. The van der Waals surface area contributed by atoms with Gasteiger partial charge in [-0.15, -0.1) is 0 Å². The molecule has 0 saturated carbocycles. The van der Waals surface area contributed by atoms with E-state index in [1.165, 1.54) is 11.8 Å². The highest BCUT2D eigenvalue weighted by Gasteiger charge is 2.51. The van der Waals surface area contributed by atoms with Crippen LogP contribution >= 0.6 is 0 Å². The smallest absolute Gasteiger partial charge is 0.338 e. The molecule has 6 heteroatoms. The number of hydrogen-bond donors (Lipinski definition) is 2. The lowest BCUT2D eigenvalue weighted by atomic mass is 9.85. The Balaban J connectivity index is 1.89. The number of rotatable bonds is 0. The summed E-state index contributed by atoms with van der Waals surface area (Å²) in [5.41, 5.74) is -1.10. The first-order chi connectivity index (χ1) is 11.3. The Morgan fingerprint density at radius 1 is 1.29 bits per heavy atom. The lowest BCUT2D eigenvalue weighted by molar-refractivity contribution is -0.902. The third-order valence-electron chi connectivity index (χ3n) is 6.16. The van der Waals surface area contributed by atoms with E-state index < -0.39 is 17.5 Å². The molecule has 24 heavy (non-hydrogen) atoms. The fraction of sp³-hybridized carbons (Fsp3) is 0.778. The van der Waals surface area contributed by atoms with Gasteiger partial charge in [-0.05, 0) is 26.2 Å². The number of nitrogens with one attached hydrogen (secondary N) is 1. The minimum absolute atomic E-state index is 0.108. The maximum Gasteiger partial charge on any atom is 0.338 e. The Kier molecular flexibility index (Phi) is 4.71. The number of ether oxygens (including phenoxy) is 2. The summed E-state index contributed by atoms with van der Waals surface area (Å²) < 4.78 is 11.3. The van der Waals surface area contributed by atoms with Gasteiger partial charge in [-0.1, -0.05) is 13.0 Å². The summed E-state index contributed by atoms with van der Waals surface area (Å²) in [7, 11) is 0. The Morgan fingerprint density at radius 2 is 2.00 bits per heavy atom. The van der Waals surface area contributed by atoms with Gasteiger partial charge in [-0.2, -0.15) is 0 Å². The van der Waals surface area contributed by atoms with Gasteiger partial charge < -0.3 is 19.5 Å². The van der Waals surface area contributed by atoms with Crippen molar-refractivity contribution in [3.05, 3.63) is 11.6 Å². The van der Waals surface area contributed by atoms with Gasteiger partial charge >= 0.3 is 11.9 Å². The molecule has 3 aliphatic rings. The molecule has 6 nitrogen and oxygen atoms in total. The average Bonchev–Trinajstić information content (AvgIpc) is 3.12. The molecule has 0 amide bonds. The second-order valence-electron chi connectivity index (χ2n) is 7.63. The summed E-state index contributed by atoms with van der Waals surface area (Å²) >= 11 is 0. The summed E-state index contributed by atoms with van der Waals surface area (Å²) in [6, 6.07) is 0.196. The number of esters is 2. The molecule has 1 unspecified atom stereocenters. The predicted molar refractivity (Wildman–Crippen MR) is 86.2 cm³/mol. The summed E-state index contributed by atoms with van der Waals surface area (Å²) in [5, 5.41) is 10.6. The predicted octanol–water partition coefficient (Wildman–Crippen LogP) is -0.144. The maximum atomic E-state index is 12.6. The molecule has 2 N–H and O–H groups in total. The molecule has 0 aromatic heterocycles. The zero-order chi connectivity index (χ0) is 17.5. The van der Waals surface area contributed by atoms with E-state index in [0.29, 0.717) is 12.2 Å². The van der Waals surface area contributed by atoms with Gasteiger partial charge in [-0.3, -0.25) is 0 Å². The van der Waals surface area contributed by atoms with E-state index in [1.807, 2.05) is 0 Å². The maximum absolute atomic E-state index is 12.6. The van der Waals surface area contributed by atoms with E-state index in [-0.39, 0.29) is 30.5 Å². The van der Waals surface area contributed by atoms with Crippen molar-refractivity contribution in [2.45, 2.75) is 57.8 Å². The fourth-order valence-corrected chi connectivity index (χ4v) is 4.33. The lowest BCUT2D eigenvalue weighted by Crippen LogP contribution is -3.12. The van der Waals surface area contributed by atoms with E-state index >= 15 is 0 Å². The molecule has 0 aliphatic carbocycles. The molecule has 6 atom stereocenters. The second-order valence-corrected chi connectivity index (χ2v) is 7.63. The van der Waals surface area contributed by atoms with Crippen molar-refractivity contribution in [3.63, 3.8) is 0 Å². The molecule has 0 aromatic carbocycles. The zero-order valence-corrected chi connectivity index (χ0v) is 14.7. The van der Waals surface area contributed by atoms with Gasteiger partial charge in [0.05, 0.1) is 19.0 Å². The molecule has 0 aromatic rings. The van der Waals surface area contributed by atoms with Crippen molar-refractivity contribution in [1.82, 2.24) is 0 Å². The molecular formula is C18H28NO5+. The zero-order valence-electron chi connectivity index (χ0n) is 14.7. The normalized spacial score (nSPS) is 45.2. The summed E-state index contributed by atoms with van der Waals surface area (Å²) in [5.74, 6) is -1.16.